The molecule has 0 bridgehead atoms. The van der Waals surface area contributed by atoms with Gasteiger partial charge in [0.05, 0.1) is 18.1 Å². The van der Waals surface area contributed by atoms with Gasteiger partial charge in [0.15, 0.2) is 0 Å². The number of amides is 1. The van der Waals surface area contributed by atoms with E-state index in [9.17, 15) is 9.59 Å². The van der Waals surface area contributed by atoms with Crippen molar-refractivity contribution >= 4 is 22.6 Å². The molecule has 9 heteroatoms. The van der Waals surface area contributed by atoms with Crippen LogP contribution in [0.1, 0.15) is 36.2 Å². The Morgan fingerprint density at radius 2 is 1.85 bits per heavy atom. The maximum Gasteiger partial charge on any atom is 0.270 e. The molecule has 3 aromatic heterocycles. The Labute approximate surface area is 198 Å². The second-order valence-electron chi connectivity index (χ2n) is 9.25. The van der Waals surface area contributed by atoms with Crippen molar-refractivity contribution in [3.8, 4) is 0 Å². The quantitative estimate of drug-likeness (QED) is 0.552. The lowest BCUT2D eigenvalue weighted by molar-refractivity contribution is 0.0144. The Hall–Kier alpha value is -2.75. The minimum Gasteiger partial charge on any atom is -0.383 e. The minimum absolute atomic E-state index is 0.0425. The van der Waals surface area contributed by atoms with Gasteiger partial charge in [0.1, 0.15) is 17.0 Å². The highest BCUT2D eigenvalue weighted by Crippen LogP contribution is 2.24. The first-order valence-corrected chi connectivity index (χ1v) is 12.2. The third-order valence-corrected chi connectivity index (χ3v) is 7.39. The molecule has 182 valence electrons. The molecule has 0 aliphatic carbocycles. The van der Waals surface area contributed by atoms with Crippen LogP contribution in [-0.4, -0.2) is 88.8 Å². The fourth-order valence-electron chi connectivity index (χ4n) is 5.41. The van der Waals surface area contributed by atoms with Crippen molar-refractivity contribution < 1.29 is 14.3 Å². The van der Waals surface area contributed by atoms with Crippen molar-refractivity contribution in [2.75, 3.05) is 47.0 Å². The molecule has 0 saturated carbocycles. The van der Waals surface area contributed by atoms with E-state index in [-0.39, 0.29) is 11.5 Å². The SMILES string of the molecule is COCCn1c(C(=O)N2CCC(N3CCC(OC)CC3)CC2)cc2c(=O)n3ccccc3nc21. The number of likely N-dealkylation sites (tertiary alicyclic amines) is 2. The summed E-state index contributed by atoms with van der Waals surface area (Å²) >= 11 is 0. The van der Waals surface area contributed by atoms with E-state index in [1.807, 2.05) is 15.5 Å². The fraction of sp³-hybridized carbons (Fsp3) is 0.560. The van der Waals surface area contributed by atoms with Crippen LogP contribution in [0.5, 0.6) is 0 Å². The molecule has 5 rings (SSSR count). The molecule has 0 N–H and O–H groups in total. The van der Waals surface area contributed by atoms with E-state index in [0.717, 1.165) is 38.8 Å². The van der Waals surface area contributed by atoms with E-state index in [1.165, 1.54) is 4.40 Å². The van der Waals surface area contributed by atoms with Crippen LogP contribution in [0, 0.1) is 0 Å². The summed E-state index contributed by atoms with van der Waals surface area (Å²) in [5, 5.41) is 0.457. The smallest absolute Gasteiger partial charge is 0.270 e. The van der Waals surface area contributed by atoms with Gasteiger partial charge in [-0.2, -0.15) is 0 Å². The number of nitrogens with zero attached hydrogens (tertiary/aromatic N) is 5. The van der Waals surface area contributed by atoms with E-state index in [1.54, 1.807) is 38.6 Å². The van der Waals surface area contributed by atoms with Crippen LogP contribution < -0.4 is 5.56 Å². The molecule has 2 saturated heterocycles. The molecular weight excluding hydrogens is 434 g/mol. The summed E-state index contributed by atoms with van der Waals surface area (Å²) in [5.74, 6) is -0.0425. The zero-order valence-electron chi connectivity index (χ0n) is 20.0. The van der Waals surface area contributed by atoms with E-state index in [0.29, 0.717) is 60.8 Å². The van der Waals surface area contributed by atoms with Gasteiger partial charge in [-0.15, -0.1) is 0 Å². The van der Waals surface area contributed by atoms with Crippen LogP contribution in [0.3, 0.4) is 0 Å². The number of ether oxygens (including phenoxy) is 2. The van der Waals surface area contributed by atoms with Crippen molar-refractivity contribution in [2.24, 2.45) is 0 Å². The second kappa shape index (κ2) is 9.85. The average molecular weight is 468 g/mol. The summed E-state index contributed by atoms with van der Waals surface area (Å²) in [6, 6.07) is 7.68. The maximum atomic E-state index is 13.6. The van der Waals surface area contributed by atoms with Crippen molar-refractivity contribution in [2.45, 2.75) is 44.4 Å². The lowest BCUT2D eigenvalue weighted by Crippen LogP contribution is -2.49. The standard InChI is InChI=1S/C25H33N5O4/c1-33-16-15-29-21(17-20-23(29)26-22-5-3-4-10-30(22)24(20)31)25(32)28-11-6-18(7-12-28)27-13-8-19(34-2)9-14-27/h3-5,10,17-19H,6-9,11-16H2,1-2H3. The molecule has 0 spiro atoms. The summed E-state index contributed by atoms with van der Waals surface area (Å²) in [4.78, 5) is 35.9. The van der Waals surface area contributed by atoms with Gasteiger partial charge in [-0.05, 0) is 43.9 Å². The number of carbonyl (C=O) groups excluding carboxylic acids is 1. The number of methoxy groups -OCH3 is 2. The monoisotopic (exact) mass is 467 g/mol. The molecule has 0 atom stereocenters. The second-order valence-corrected chi connectivity index (χ2v) is 9.25. The van der Waals surface area contributed by atoms with E-state index in [4.69, 9.17) is 14.5 Å². The summed E-state index contributed by atoms with van der Waals surface area (Å²) in [6.45, 7) is 4.44. The van der Waals surface area contributed by atoms with Crippen LogP contribution >= 0.6 is 0 Å². The summed E-state index contributed by atoms with van der Waals surface area (Å²) in [5.41, 5.74) is 1.44. The largest absolute Gasteiger partial charge is 0.383 e. The number of aromatic nitrogens is 3. The Kier molecular flexibility index (Phi) is 6.67. The van der Waals surface area contributed by atoms with Gasteiger partial charge in [0.2, 0.25) is 0 Å². The number of carbonyl (C=O) groups is 1. The van der Waals surface area contributed by atoms with Crippen LogP contribution in [0.15, 0.2) is 35.3 Å². The Morgan fingerprint density at radius 3 is 2.56 bits per heavy atom. The third-order valence-electron chi connectivity index (χ3n) is 7.39. The molecular formula is C25H33N5O4. The highest BCUT2D eigenvalue weighted by molar-refractivity contribution is 5.98. The van der Waals surface area contributed by atoms with Gasteiger partial charge in [-0.25, -0.2) is 4.98 Å². The van der Waals surface area contributed by atoms with Crippen LogP contribution in [0.2, 0.25) is 0 Å². The van der Waals surface area contributed by atoms with Gasteiger partial charge >= 0.3 is 0 Å². The number of hydrogen-bond acceptors (Lipinski definition) is 6. The number of fused-ring (bicyclic) bond motifs is 2. The summed E-state index contributed by atoms with van der Waals surface area (Å²) < 4.78 is 14.2. The highest BCUT2D eigenvalue weighted by atomic mass is 16.5. The normalized spacial score (nSPS) is 18.8. The molecule has 3 aromatic rings. The zero-order valence-corrected chi connectivity index (χ0v) is 20.0. The molecule has 9 nitrogen and oxygen atoms in total. The molecule has 2 aliphatic rings. The van der Waals surface area contributed by atoms with Crippen LogP contribution in [-0.2, 0) is 16.0 Å². The first-order valence-electron chi connectivity index (χ1n) is 12.2. The first-order chi connectivity index (χ1) is 16.6. The highest BCUT2D eigenvalue weighted by Gasteiger charge is 2.31. The summed E-state index contributed by atoms with van der Waals surface area (Å²) in [7, 11) is 3.42. The number of pyridine rings is 1. The lowest BCUT2D eigenvalue weighted by Gasteiger charge is -2.41. The summed E-state index contributed by atoms with van der Waals surface area (Å²) in [6.07, 6.45) is 6.16. The first kappa shape index (κ1) is 23.0. The minimum atomic E-state index is -0.163. The molecule has 2 aliphatic heterocycles. The van der Waals surface area contributed by atoms with Gasteiger partial charge in [0.25, 0.3) is 11.5 Å². The Morgan fingerprint density at radius 1 is 1.09 bits per heavy atom. The zero-order chi connectivity index (χ0) is 23.7. The molecule has 5 heterocycles. The van der Waals surface area contributed by atoms with E-state index in [2.05, 4.69) is 4.90 Å². The number of rotatable bonds is 6. The third kappa shape index (κ3) is 4.23. The maximum absolute atomic E-state index is 13.6. The number of piperidine rings is 2. The van der Waals surface area contributed by atoms with Crippen molar-refractivity contribution in [1.82, 2.24) is 23.8 Å². The van der Waals surface area contributed by atoms with Crippen molar-refractivity contribution in [3.63, 3.8) is 0 Å². The lowest BCUT2D eigenvalue weighted by atomic mass is 9.98. The molecule has 1 amide bonds. The molecule has 0 radical (unpaired) electrons. The molecule has 34 heavy (non-hydrogen) atoms. The number of hydrogen-bond donors (Lipinski definition) is 0. The van der Waals surface area contributed by atoms with Crippen LogP contribution in [0.4, 0.5) is 0 Å². The van der Waals surface area contributed by atoms with E-state index < -0.39 is 0 Å². The Balaban J connectivity index is 1.38. The predicted octanol–water partition coefficient (Wildman–Crippen LogP) is 2.01. The molecule has 0 aromatic carbocycles. The predicted molar refractivity (Wildman–Crippen MR) is 129 cm³/mol. The van der Waals surface area contributed by atoms with Crippen LogP contribution in [0.25, 0.3) is 16.7 Å². The van der Waals surface area contributed by atoms with Gasteiger partial charge < -0.3 is 23.8 Å². The average Bonchev–Trinajstić information content (AvgIpc) is 3.26. The fourth-order valence-corrected chi connectivity index (χ4v) is 5.41. The van der Waals surface area contributed by atoms with Gasteiger partial charge in [-0.3, -0.25) is 14.0 Å². The van der Waals surface area contributed by atoms with Crippen molar-refractivity contribution in [3.05, 3.63) is 46.5 Å². The molecule has 0 unspecified atom stereocenters. The Bertz CT molecular complexity index is 1220. The van der Waals surface area contributed by atoms with Gasteiger partial charge in [-0.1, -0.05) is 6.07 Å². The van der Waals surface area contributed by atoms with E-state index >= 15 is 0 Å². The molecule has 2 fully saturated rings. The van der Waals surface area contributed by atoms with Gasteiger partial charge in [0, 0.05) is 59.2 Å². The topological polar surface area (TPSA) is 81.3 Å². The van der Waals surface area contributed by atoms with Crippen molar-refractivity contribution in [1.29, 1.82) is 0 Å².